The van der Waals surface area contributed by atoms with Gasteiger partial charge in [-0.3, -0.25) is 9.59 Å². The highest BCUT2D eigenvalue weighted by Crippen LogP contribution is 2.37. The van der Waals surface area contributed by atoms with E-state index >= 15 is 0 Å². The minimum absolute atomic E-state index is 0.0741. The van der Waals surface area contributed by atoms with Gasteiger partial charge in [0.25, 0.3) is 0 Å². The first kappa shape index (κ1) is 14.9. The summed E-state index contributed by atoms with van der Waals surface area (Å²) < 4.78 is 10.4. The van der Waals surface area contributed by atoms with E-state index in [9.17, 15) is 9.59 Å². The van der Waals surface area contributed by atoms with Gasteiger partial charge in [-0.1, -0.05) is 25.3 Å². The topological polar surface area (TPSA) is 64.6 Å². The zero-order valence-electron chi connectivity index (χ0n) is 12.8. The molecule has 1 atom stereocenters. The molecule has 0 bridgehead atoms. The standard InChI is InChI=1S/C17H21NO4/c1-21-12-7-8-13-14(10-16(19)22-15(13)9-12)17(20)18-11-5-3-2-4-6-11/h7-9,11,14H,2-6,10H2,1H3,(H,18,20). The molecule has 5 heteroatoms. The van der Waals surface area contributed by atoms with E-state index in [2.05, 4.69) is 5.32 Å². The highest BCUT2D eigenvalue weighted by atomic mass is 16.5. The average Bonchev–Trinajstić information content (AvgIpc) is 2.54. The SMILES string of the molecule is COc1ccc2c(c1)OC(=O)CC2C(=O)NC1CCCCC1. The molecule has 1 N–H and O–H groups in total. The van der Waals surface area contributed by atoms with E-state index in [1.807, 2.05) is 6.07 Å². The fraction of sp³-hybridized carbons (Fsp3) is 0.529. The highest BCUT2D eigenvalue weighted by Gasteiger charge is 2.33. The van der Waals surface area contributed by atoms with Crippen LogP contribution in [0.15, 0.2) is 18.2 Å². The number of benzene rings is 1. The normalized spacial score (nSPS) is 21.7. The summed E-state index contributed by atoms with van der Waals surface area (Å²) in [6, 6.07) is 5.50. The lowest BCUT2D eigenvalue weighted by Gasteiger charge is -2.28. The molecule has 2 aliphatic rings. The predicted molar refractivity (Wildman–Crippen MR) is 81.0 cm³/mol. The summed E-state index contributed by atoms with van der Waals surface area (Å²) >= 11 is 0. The first-order valence-corrected chi connectivity index (χ1v) is 7.86. The van der Waals surface area contributed by atoms with E-state index in [1.165, 1.54) is 6.42 Å². The van der Waals surface area contributed by atoms with Crippen molar-refractivity contribution in [3.63, 3.8) is 0 Å². The first-order valence-electron chi connectivity index (χ1n) is 7.86. The molecule has 0 saturated heterocycles. The Morgan fingerprint density at radius 1 is 1.27 bits per heavy atom. The second-order valence-corrected chi connectivity index (χ2v) is 5.98. The van der Waals surface area contributed by atoms with Crippen LogP contribution in [-0.4, -0.2) is 25.0 Å². The number of hydrogen-bond acceptors (Lipinski definition) is 4. The predicted octanol–water partition coefficient (Wildman–Crippen LogP) is 2.54. The Kier molecular flexibility index (Phi) is 4.32. The molecule has 1 fully saturated rings. The molecule has 5 nitrogen and oxygen atoms in total. The number of carbonyl (C=O) groups is 2. The molecule has 1 saturated carbocycles. The minimum Gasteiger partial charge on any atom is -0.497 e. The highest BCUT2D eigenvalue weighted by molar-refractivity contribution is 5.91. The summed E-state index contributed by atoms with van der Waals surface area (Å²) in [4.78, 5) is 24.4. The lowest BCUT2D eigenvalue weighted by atomic mass is 9.90. The second-order valence-electron chi connectivity index (χ2n) is 5.98. The van der Waals surface area contributed by atoms with Gasteiger partial charge < -0.3 is 14.8 Å². The zero-order chi connectivity index (χ0) is 15.5. The number of methoxy groups -OCH3 is 1. The van der Waals surface area contributed by atoms with Crippen molar-refractivity contribution in [2.75, 3.05) is 7.11 Å². The fourth-order valence-electron chi connectivity index (χ4n) is 3.24. The van der Waals surface area contributed by atoms with E-state index in [-0.39, 0.29) is 24.3 Å². The van der Waals surface area contributed by atoms with Crippen LogP contribution >= 0.6 is 0 Å². The Morgan fingerprint density at radius 3 is 2.77 bits per heavy atom. The molecule has 1 heterocycles. The van der Waals surface area contributed by atoms with Gasteiger partial charge in [0.05, 0.1) is 19.4 Å². The molecule has 1 unspecified atom stereocenters. The fourth-order valence-corrected chi connectivity index (χ4v) is 3.24. The summed E-state index contributed by atoms with van der Waals surface area (Å²) in [7, 11) is 1.56. The molecule has 0 spiro atoms. The van der Waals surface area contributed by atoms with Gasteiger partial charge in [-0.15, -0.1) is 0 Å². The lowest BCUT2D eigenvalue weighted by molar-refractivity contribution is -0.139. The van der Waals surface area contributed by atoms with Crippen LogP contribution in [0.5, 0.6) is 11.5 Å². The van der Waals surface area contributed by atoms with Gasteiger partial charge >= 0.3 is 5.97 Å². The van der Waals surface area contributed by atoms with Gasteiger partial charge in [-0.05, 0) is 18.9 Å². The van der Waals surface area contributed by atoms with Crippen LogP contribution in [0.1, 0.15) is 50.0 Å². The summed E-state index contributed by atoms with van der Waals surface area (Å²) in [5.41, 5.74) is 0.758. The van der Waals surface area contributed by atoms with Crippen molar-refractivity contribution in [3.8, 4) is 11.5 Å². The monoisotopic (exact) mass is 303 g/mol. The van der Waals surface area contributed by atoms with Crippen molar-refractivity contribution in [1.82, 2.24) is 5.32 Å². The van der Waals surface area contributed by atoms with Gasteiger partial charge in [0.2, 0.25) is 5.91 Å². The molecular weight excluding hydrogens is 282 g/mol. The maximum absolute atomic E-state index is 12.6. The lowest BCUT2D eigenvalue weighted by Crippen LogP contribution is -2.41. The minimum atomic E-state index is -0.468. The number of ether oxygens (including phenoxy) is 2. The van der Waals surface area contributed by atoms with Crippen LogP contribution in [0.3, 0.4) is 0 Å². The molecule has 3 rings (SSSR count). The summed E-state index contributed by atoms with van der Waals surface area (Å²) in [5, 5.41) is 3.10. The van der Waals surface area contributed by atoms with Crippen LogP contribution in [-0.2, 0) is 9.59 Å². The maximum Gasteiger partial charge on any atom is 0.312 e. The summed E-state index contributed by atoms with van der Waals surface area (Å²) in [6.45, 7) is 0. The van der Waals surface area contributed by atoms with Crippen molar-refractivity contribution >= 4 is 11.9 Å². The molecule has 22 heavy (non-hydrogen) atoms. The van der Waals surface area contributed by atoms with E-state index in [1.54, 1.807) is 19.2 Å². The Hall–Kier alpha value is -2.04. The van der Waals surface area contributed by atoms with Gasteiger partial charge in [0.1, 0.15) is 11.5 Å². The van der Waals surface area contributed by atoms with Crippen molar-refractivity contribution in [3.05, 3.63) is 23.8 Å². The first-order chi connectivity index (χ1) is 10.7. The molecule has 0 radical (unpaired) electrons. The van der Waals surface area contributed by atoms with Crippen LogP contribution in [0.2, 0.25) is 0 Å². The van der Waals surface area contributed by atoms with Crippen LogP contribution < -0.4 is 14.8 Å². The molecular formula is C17H21NO4. The van der Waals surface area contributed by atoms with Crippen LogP contribution in [0.25, 0.3) is 0 Å². The number of rotatable bonds is 3. The van der Waals surface area contributed by atoms with Crippen molar-refractivity contribution in [1.29, 1.82) is 0 Å². The Morgan fingerprint density at radius 2 is 2.05 bits per heavy atom. The largest absolute Gasteiger partial charge is 0.497 e. The van der Waals surface area contributed by atoms with E-state index in [0.717, 1.165) is 31.2 Å². The third kappa shape index (κ3) is 3.08. The molecule has 1 aliphatic carbocycles. The van der Waals surface area contributed by atoms with E-state index in [4.69, 9.17) is 9.47 Å². The Balaban J connectivity index is 1.78. The average molecular weight is 303 g/mol. The quantitative estimate of drug-likeness (QED) is 0.688. The molecule has 118 valence electrons. The number of amides is 1. The molecule has 1 aromatic carbocycles. The number of hydrogen-bond donors (Lipinski definition) is 1. The second kappa shape index (κ2) is 6.38. The number of nitrogens with one attached hydrogen (secondary N) is 1. The van der Waals surface area contributed by atoms with E-state index in [0.29, 0.717) is 11.5 Å². The van der Waals surface area contributed by atoms with Crippen molar-refractivity contribution in [2.45, 2.75) is 50.5 Å². The summed E-state index contributed by atoms with van der Waals surface area (Å²) in [5.74, 6) is 0.128. The van der Waals surface area contributed by atoms with Crippen LogP contribution in [0.4, 0.5) is 0 Å². The zero-order valence-corrected chi connectivity index (χ0v) is 12.8. The third-order valence-electron chi connectivity index (χ3n) is 4.46. The van der Waals surface area contributed by atoms with Crippen molar-refractivity contribution in [2.24, 2.45) is 0 Å². The van der Waals surface area contributed by atoms with Crippen molar-refractivity contribution < 1.29 is 19.1 Å². The van der Waals surface area contributed by atoms with Gasteiger partial charge in [-0.2, -0.15) is 0 Å². The molecule has 1 aromatic rings. The van der Waals surface area contributed by atoms with E-state index < -0.39 is 5.92 Å². The third-order valence-corrected chi connectivity index (χ3v) is 4.46. The summed E-state index contributed by atoms with van der Waals surface area (Å²) in [6.07, 6.45) is 5.70. The smallest absolute Gasteiger partial charge is 0.312 e. The maximum atomic E-state index is 12.6. The Bertz CT molecular complexity index is 578. The number of esters is 1. The van der Waals surface area contributed by atoms with Crippen LogP contribution in [0, 0.1) is 0 Å². The van der Waals surface area contributed by atoms with Gasteiger partial charge in [0.15, 0.2) is 0 Å². The molecule has 0 aromatic heterocycles. The van der Waals surface area contributed by atoms with Gasteiger partial charge in [-0.25, -0.2) is 0 Å². The molecule has 1 amide bonds. The Labute approximate surface area is 130 Å². The molecule has 1 aliphatic heterocycles. The number of fused-ring (bicyclic) bond motifs is 1. The van der Waals surface area contributed by atoms with Gasteiger partial charge in [0, 0.05) is 17.7 Å². The number of carbonyl (C=O) groups excluding carboxylic acids is 2.